The van der Waals surface area contributed by atoms with Gasteiger partial charge in [-0.3, -0.25) is 4.79 Å². The lowest BCUT2D eigenvalue weighted by molar-refractivity contribution is -0.147. The normalized spacial score (nSPS) is 11.8. The van der Waals surface area contributed by atoms with E-state index < -0.39 is 12.1 Å². The maximum Gasteiger partial charge on any atom is 0.332 e. The molecular formula is C14H19NO5. The third-order valence-electron chi connectivity index (χ3n) is 2.59. The topological polar surface area (TPSA) is 95.9 Å². The molecule has 0 aliphatic rings. The number of carboxylic acid groups (broad SMARTS) is 1. The maximum atomic E-state index is 11.5. The minimum atomic E-state index is -1.46. The number of nitrogens with one attached hydrogen (secondary N) is 1. The zero-order valence-corrected chi connectivity index (χ0v) is 11.5. The molecule has 6 nitrogen and oxygen atoms in total. The lowest BCUT2D eigenvalue weighted by Crippen LogP contribution is -2.33. The summed E-state index contributed by atoms with van der Waals surface area (Å²) in [5, 5.41) is 20.0. The van der Waals surface area contributed by atoms with Crippen LogP contribution in [0.4, 0.5) is 0 Å². The Balaban J connectivity index is 2.31. The first-order chi connectivity index (χ1) is 9.38. The molecule has 0 aromatic heterocycles. The van der Waals surface area contributed by atoms with Gasteiger partial charge in [0.05, 0.1) is 0 Å². The van der Waals surface area contributed by atoms with E-state index in [2.05, 4.69) is 5.32 Å². The standard InChI is InChI=1S/C14H19NO5/c1-9-5-10(2)7-11(6-9)20-8-13(17)15-4-3-12(16)14(18)19/h5-7,12,16H,3-4,8H2,1-2H3,(H,15,17)(H,18,19). The molecule has 1 aromatic rings. The Morgan fingerprint density at radius 3 is 2.40 bits per heavy atom. The van der Waals surface area contributed by atoms with Crippen LogP contribution in [0.15, 0.2) is 18.2 Å². The summed E-state index contributed by atoms with van der Waals surface area (Å²) in [6, 6.07) is 5.66. The van der Waals surface area contributed by atoms with Gasteiger partial charge in [0.15, 0.2) is 12.7 Å². The molecule has 0 aliphatic heterocycles. The van der Waals surface area contributed by atoms with Gasteiger partial charge in [-0.2, -0.15) is 0 Å². The van der Waals surface area contributed by atoms with E-state index in [0.717, 1.165) is 11.1 Å². The summed E-state index contributed by atoms with van der Waals surface area (Å²) in [5.41, 5.74) is 2.09. The van der Waals surface area contributed by atoms with Crippen LogP contribution in [0.25, 0.3) is 0 Å². The first-order valence-electron chi connectivity index (χ1n) is 6.27. The van der Waals surface area contributed by atoms with E-state index in [-0.39, 0.29) is 25.5 Å². The number of carboxylic acids is 1. The van der Waals surface area contributed by atoms with Crippen LogP contribution in [0.2, 0.25) is 0 Å². The first-order valence-corrected chi connectivity index (χ1v) is 6.27. The summed E-state index contributed by atoms with van der Waals surface area (Å²) in [5.74, 6) is -1.05. The number of carbonyl (C=O) groups excluding carboxylic acids is 1. The molecule has 1 rings (SSSR count). The SMILES string of the molecule is Cc1cc(C)cc(OCC(=O)NCCC(O)C(=O)O)c1. The number of aliphatic hydroxyl groups is 1. The fourth-order valence-corrected chi connectivity index (χ4v) is 1.69. The highest BCUT2D eigenvalue weighted by Gasteiger charge is 2.12. The van der Waals surface area contributed by atoms with Gasteiger partial charge in [0.2, 0.25) is 0 Å². The van der Waals surface area contributed by atoms with Crippen LogP contribution >= 0.6 is 0 Å². The number of hydrogen-bond acceptors (Lipinski definition) is 4. The second kappa shape index (κ2) is 7.49. The third kappa shape index (κ3) is 5.71. The molecule has 3 N–H and O–H groups in total. The van der Waals surface area contributed by atoms with E-state index in [9.17, 15) is 9.59 Å². The monoisotopic (exact) mass is 281 g/mol. The summed E-state index contributed by atoms with van der Waals surface area (Å²) in [4.78, 5) is 21.8. The predicted molar refractivity (Wildman–Crippen MR) is 72.7 cm³/mol. The van der Waals surface area contributed by atoms with Gasteiger partial charge in [-0.1, -0.05) is 6.07 Å². The average Bonchev–Trinajstić information content (AvgIpc) is 2.35. The van der Waals surface area contributed by atoms with E-state index >= 15 is 0 Å². The molecule has 1 atom stereocenters. The Morgan fingerprint density at radius 2 is 1.85 bits per heavy atom. The molecule has 20 heavy (non-hydrogen) atoms. The molecule has 0 bridgehead atoms. The van der Waals surface area contributed by atoms with Gasteiger partial charge in [0.1, 0.15) is 5.75 Å². The lowest BCUT2D eigenvalue weighted by Gasteiger charge is -2.09. The summed E-state index contributed by atoms with van der Waals surface area (Å²) in [6.07, 6.45) is -1.50. The van der Waals surface area contributed by atoms with Gasteiger partial charge in [0.25, 0.3) is 5.91 Å². The second-order valence-corrected chi connectivity index (χ2v) is 4.60. The Bertz CT molecular complexity index is 466. The van der Waals surface area contributed by atoms with E-state index in [1.54, 1.807) is 0 Å². The number of carbonyl (C=O) groups is 2. The lowest BCUT2D eigenvalue weighted by atomic mass is 10.1. The van der Waals surface area contributed by atoms with Crippen LogP contribution in [-0.2, 0) is 9.59 Å². The first kappa shape index (κ1) is 16.0. The highest BCUT2D eigenvalue weighted by atomic mass is 16.5. The highest BCUT2D eigenvalue weighted by Crippen LogP contribution is 2.15. The molecule has 6 heteroatoms. The number of amides is 1. The summed E-state index contributed by atoms with van der Waals surface area (Å²) >= 11 is 0. The van der Waals surface area contributed by atoms with Crippen molar-refractivity contribution in [3.63, 3.8) is 0 Å². The molecule has 0 fully saturated rings. The smallest absolute Gasteiger partial charge is 0.332 e. The van der Waals surface area contributed by atoms with Crippen molar-refractivity contribution in [3.8, 4) is 5.75 Å². The Hall–Kier alpha value is -2.08. The van der Waals surface area contributed by atoms with Gasteiger partial charge in [-0.25, -0.2) is 4.79 Å². The van der Waals surface area contributed by atoms with E-state index in [0.29, 0.717) is 5.75 Å². The van der Waals surface area contributed by atoms with Gasteiger partial charge < -0.3 is 20.3 Å². The molecule has 1 aromatic carbocycles. The van der Waals surface area contributed by atoms with Gasteiger partial charge in [-0.05, 0) is 37.1 Å². The van der Waals surface area contributed by atoms with Crippen molar-refractivity contribution in [1.29, 1.82) is 0 Å². The van der Waals surface area contributed by atoms with Crippen LogP contribution in [0.1, 0.15) is 17.5 Å². The summed E-state index contributed by atoms with van der Waals surface area (Å²) in [6.45, 7) is 3.81. The Kier molecular flexibility index (Phi) is 5.99. The number of rotatable bonds is 7. The zero-order valence-electron chi connectivity index (χ0n) is 11.5. The number of benzene rings is 1. The molecule has 0 saturated carbocycles. The molecular weight excluding hydrogens is 262 g/mol. The molecule has 1 amide bonds. The molecule has 0 heterocycles. The molecule has 110 valence electrons. The molecule has 0 saturated heterocycles. The van der Waals surface area contributed by atoms with Gasteiger partial charge in [0, 0.05) is 13.0 Å². The fraction of sp³-hybridized carbons (Fsp3) is 0.429. The minimum Gasteiger partial charge on any atom is -0.484 e. The average molecular weight is 281 g/mol. The number of aliphatic carboxylic acids is 1. The number of hydrogen-bond donors (Lipinski definition) is 3. The Morgan fingerprint density at radius 1 is 1.25 bits per heavy atom. The van der Waals surface area contributed by atoms with Crippen LogP contribution < -0.4 is 10.1 Å². The van der Waals surface area contributed by atoms with Crippen LogP contribution in [0, 0.1) is 13.8 Å². The van der Waals surface area contributed by atoms with E-state index in [4.69, 9.17) is 14.9 Å². The van der Waals surface area contributed by atoms with Crippen LogP contribution in [0.3, 0.4) is 0 Å². The maximum absolute atomic E-state index is 11.5. The van der Waals surface area contributed by atoms with E-state index in [1.807, 2.05) is 32.0 Å². The van der Waals surface area contributed by atoms with Crippen molar-refractivity contribution in [2.24, 2.45) is 0 Å². The van der Waals surface area contributed by atoms with Gasteiger partial charge in [-0.15, -0.1) is 0 Å². The zero-order chi connectivity index (χ0) is 15.1. The second-order valence-electron chi connectivity index (χ2n) is 4.60. The molecule has 0 aliphatic carbocycles. The Labute approximate surface area is 117 Å². The van der Waals surface area contributed by atoms with E-state index in [1.165, 1.54) is 0 Å². The highest BCUT2D eigenvalue weighted by molar-refractivity contribution is 5.77. The quantitative estimate of drug-likeness (QED) is 0.681. The largest absolute Gasteiger partial charge is 0.484 e. The van der Waals surface area contributed by atoms with Crippen molar-refractivity contribution in [1.82, 2.24) is 5.32 Å². The number of ether oxygens (including phenoxy) is 1. The van der Waals surface area contributed by atoms with Crippen LogP contribution in [-0.4, -0.2) is 41.3 Å². The van der Waals surface area contributed by atoms with Crippen molar-refractivity contribution < 1.29 is 24.5 Å². The molecule has 0 spiro atoms. The third-order valence-corrected chi connectivity index (χ3v) is 2.59. The summed E-state index contributed by atoms with van der Waals surface area (Å²) < 4.78 is 5.34. The fourth-order valence-electron chi connectivity index (χ4n) is 1.69. The molecule has 0 radical (unpaired) electrons. The summed E-state index contributed by atoms with van der Waals surface area (Å²) in [7, 11) is 0. The minimum absolute atomic E-state index is 0.0371. The number of aryl methyl sites for hydroxylation is 2. The van der Waals surface area contributed by atoms with Crippen molar-refractivity contribution in [2.75, 3.05) is 13.2 Å². The van der Waals surface area contributed by atoms with Gasteiger partial charge >= 0.3 is 5.97 Å². The number of aliphatic hydroxyl groups excluding tert-OH is 1. The molecule has 1 unspecified atom stereocenters. The van der Waals surface area contributed by atoms with Crippen molar-refractivity contribution in [3.05, 3.63) is 29.3 Å². The van der Waals surface area contributed by atoms with Crippen molar-refractivity contribution >= 4 is 11.9 Å². The van der Waals surface area contributed by atoms with Crippen molar-refractivity contribution in [2.45, 2.75) is 26.4 Å². The predicted octanol–water partition coefficient (Wildman–Crippen LogP) is 0.634. The van der Waals surface area contributed by atoms with Crippen LogP contribution in [0.5, 0.6) is 5.75 Å².